The maximum atomic E-state index is 6.10. The summed E-state index contributed by atoms with van der Waals surface area (Å²) >= 11 is 0. The second-order valence-corrected chi connectivity index (χ2v) is 4.58. The third-order valence-electron chi connectivity index (χ3n) is 3.29. The molecule has 0 saturated heterocycles. The van der Waals surface area contributed by atoms with Crippen molar-refractivity contribution in [2.75, 3.05) is 11.9 Å². The molecule has 4 nitrogen and oxygen atoms in total. The van der Waals surface area contributed by atoms with Gasteiger partial charge in [-0.25, -0.2) is 9.97 Å². The molecule has 2 unspecified atom stereocenters. The molecule has 0 aromatic carbocycles. The smallest absolute Gasteiger partial charge is 0.129 e. The molecule has 0 aliphatic heterocycles. The second-order valence-electron chi connectivity index (χ2n) is 4.58. The van der Waals surface area contributed by atoms with Crippen molar-refractivity contribution in [3.8, 4) is 0 Å². The Morgan fingerprint density at radius 1 is 1.44 bits per heavy atom. The molecule has 0 spiro atoms. The summed E-state index contributed by atoms with van der Waals surface area (Å²) in [5, 5.41) is 3.35. The number of nitrogens with one attached hydrogen (secondary N) is 1. The monoisotopic (exact) mass is 220 g/mol. The number of hydrogen-bond acceptors (Lipinski definition) is 4. The van der Waals surface area contributed by atoms with Gasteiger partial charge in [0.2, 0.25) is 0 Å². The summed E-state index contributed by atoms with van der Waals surface area (Å²) in [5.74, 6) is 2.30. The minimum Gasteiger partial charge on any atom is -0.370 e. The van der Waals surface area contributed by atoms with Gasteiger partial charge in [0.25, 0.3) is 0 Å². The standard InChI is InChI=1S/C12H20N4/c1-9-14-7-6-12(16-9)15-8-10-4-2-3-5-11(10)13/h6-7,10-11H,2-5,8,13H2,1H3,(H,14,15,16). The first kappa shape index (κ1) is 11.3. The van der Waals surface area contributed by atoms with Crippen LogP contribution in [0.2, 0.25) is 0 Å². The van der Waals surface area contributed by atoms with E-state index in [0.717, 1.165) is 24.6 Å². The predicted molar refractivity (Wildman–Crippen MR) is 65.2 cm³/mol. The van der Waals surface area contributed by atoms with E-state index in [1.54, 1.807) is 6.20 Å². The molecule has 2 atom stereocenters. The van der Waals surface area contributed by atoms with Crippen molar-refractivity contribution in [3.63, 3.8) is 0 Å². The average Bonchev–Trinajstić information content (AvgIpc) is 2.28. The summed E-state index contributed by atoms with van der Waals surface area (Å²) in [7, 11) is 0. The maximum Gasteiger partial charge on any atom is 0.129 e. The highest BCUT2D eigenvalue weighted by molar-refractivity contribution is 5.32. The molecule has 1 fully saturated rings. The first-order valence-electron chi connectivity index (χ1n) is 6.05. The number of anilines is 1. The van der Waals surface area contributed by atoms with Crippen LogP contribution < -0.4 is 11.1 Å². The Hall–Kier alpha value is -1.16. The van der Waals surface area contributed by atoms with Gasteiger partial charge < -0.3 is 11.1 Å². The Kier molecular flexibility index (Phi) is 3.72. The molecule has 2 rings (SSSR count). The number of rotatable bonds is 3. The third-order valence-corrected chi connectivity index (χ3v) is 3.29. The number of aromatic nitrogens is 2. The third kappa shape index (κ3) is 2.92. The van der Waals surface area contributed by atoms with Crippen LogP contribution in [-0.2, 0) is 0 Å². The van der Waals surface area contributed by atoms with E-state index in [0.29, 0.717) is 12.0 Å². The van der Waals surface area contributed by atoms with Gasteiger partial charge >= 0.3 is 0 Å². The highest BCUT2D eigenvalue weighted by atomic mass is 15.0. The molecule has 0 amide bonds. The Balaban J connectivity index is 1.86. The Morgan fingerprint density at radius 2 is 2.25 bits per heavy atom. The summed E-state index contributed by atoms with van der Waals surface area (Å²) < 4.78 is 0. The SMILES string of the molecule is Cc1nccc(NCC2CCCCC2N)n1. The molecule has 88 valence electrons. The Bertz CT molecular complexity index is 340. The van der Waals surface area contributed by atoms with Crippen molar-refractivity contribution in [2.45, 2.75) is 38.6 Å². The van der Waals surface area contributed by atoms with Gasteiger partial charge in [-0.15, -0.1) is 0 Å². The summed E-state index contributed by atoms with van der Waals surface area (Å²) in [6.45, 7) is 2.83. The number of nitrogens with zero attached hydrogens (tertiary/aromatic N) is 2. The lowest BCUT2D eigenvalue weighted by atomic mass is 9.85. The van der Waals surface area contributed by atoms with Gasteiger partial charge in [0.1, 0.15) is 11.6 Å². The van der Waals surface area contributed by atoms with Crippen LogP contribution in [0.4, 0.5) is 5.82 Å². The molecule has 4 heteroatoms. The molecule has 3 N–H and O–H groups in total. The van der Waals surface area contributed by atoms with Crippen molar-refractivity contribution >= 4 is 5.82 Å². The van der Waals surface area contributed by atoms with Gasteiger partial charge in [0.15, 0.2) is 0 Å². The van der Waals surface area contributed by atoms with E-state index >= 15 is 0 Å². The molecule has 0 radical (unpaired) electrons. The summed E-state index contributed by atoms with van der Waals surface area (Å²) in [4.78, 5) is 8.39. The zero-order chi connectivity index (χ0) is 11.4. The van der Waals surface area contributed by atoms with E-state index in [9.17, 15) is 0 Å². The minimum atomic E-state index is 0.351. The van der Waals surface area contributed by atoms with E-state index in [2.05, 4.69) is 15.3 Å². The Morgan fingerprint density at radius 3 is 3.00 bits per heavy atom. The van der Waals surface area contributed by atoms with Crippen molar-refractivity contribution in [1.82, 2.24) is 9.97 Å². The Labute approximate surface area is 96.7 Å². The maximum absolute atomic E-state index is 6.10. The zero-order valence-corrected chi connectivity index (χ0v) is 9.82. The predicted octanol–water partition coefficient (Wildman–Crippen LogP) is 1.71. The van der Waals surface area contributed by atoms with E-state index < -0.39 is 0 Å². The van der Waals surface area contributed by atoms with E-state index in [1.807, 2.05) is 13.0 Å². The van der Waals surface area contributed by atoms with Crippen molar-refractivity contribution in [3.05, 3.63) is 18.1 Å². The van der Waals surface area contributed by atoms with Crippen LogP contribution in [0.25, 0.3) is 0 Å². The quantitative estimate of drug-likeness (QED) is 0.814. The largest absolute Gasteiger partial charge is 0.370 e. The average molecular weight is 220 g/mol. The molecule has 1 saturated carbocycles. The van der Waals surface area contributed by atoms with Gasteiger partial charge in [0.05, 0.1) is 0 Å². The normalized spacial score (nSPS) is 25.4. The summed E-state index contributed by atoms with van der Waals surface area (Å²) in [6, 6.07) is 2.26. The highest BCUT2D eigenvalue weighted by Crippen LogP contribution is 2.23. The number of nitrogens with two attached hydrogens (primary N) is 1. The van der Waals surface area contributed by atoms with E-state index in [1.165, 1.54) is 19.3 Å². The molecule has 1 aromatic heterocycles. The summed E-state index contributed by atoms with van der Waals surface area (Å²) in [5.41, 5.74) is 6.10. The topological polar surface area (TPSA) is 63.8 Å². The highest BCUT2D eigenvalue weighted by Gasteiger charge is 2.21. The number of hydrogen-bond donors (Lipinski definition) is 2. The van der Waals surface area contributed by atoms with Crippen LogP contribution in [0.3, 0.4) is 0 Å². The zero-order valence-electron chi connectivity index (χ0n) is 9.82. The van der Waals surface area contributed by atoms with Crippen molar-refractivity contribution in [1.29, 1.82) is 0 Å². The van der Waals surface area contributed by atoms with Crippen LogP contribution in [0.15, 0.2) is 12.3 Å². The van der Waals surface area contributed by atoms with Crippen LogP contribution in [0.5, 0.6) is 0 Å². The van der Waals surface area contributed by atoms with Crippen LogP contribution in [0.1, 0.15) is 31.5 Å². The fraction of sp³-hybridized carbons (Fsp3) is 0.667. The lowest BCUT2D eigenvalue weighted by molar-refractivity contribution is 0.321. The fourth-order valence-electron chi connectivity index (χ4n) is 2.28. The van der Waals surface area contributed by atoms with Gasteiger partial charge in [-0.2, -0.15) is 0 Å². The first-order valence-corrected chi connectivity index (χ1v) is 6.05. The lowest BCUT2D eigenvalue weighted by Gasteiger charge is -2.28. The van der Waals surface area contributed by atoms with E-state index in [4.69, 9.17) is 5.73 Å². The van der Waals surface area contributed by atoms with Gasteiger partial charge in [-0.1, -0.05) is 12.8 Å². The molecular weight excluding hydrogens is 200 g/mol. The molecule has 0 bridgehead atoms. The fourth-order valence-corrected chi connectivity index (χ4v) is 2.28. The van der Waals surface area contributed by atoms with Gasteiger partial charge in [-0.05, 0) is 31.7 Å². The second kappa shape index (κ2) is 5.25. The van der Waals surface area contributed by atoms with Gasteiger partial charge in [-0.3, -0.25) is 0 Å². The van der Waals surface area contributed by atoms with E-state index in [-0.39, 0.29) is 0 Å². The molecule has 1 aromatic rings. The minimum absolute atomic E-state index is 0.351. The molecular formula is C12H20N4. The van der Waals surface area contributed by atoms with Crippen molar-refractivity contribution < 1.29 is 0 Å². The van der Waals surface area contributed by atoms with Gasteiger partial charge in [0, 0.05) is 18.8 Å². The van der Waals surface area contributed by atoms with Crippen molar-refractivity contribution in [2.24, 2.45) is 11.7 Å². The summed E-state index contributed by atoms with van der Waals surface area (Å²) in [6.07, 6.45) is 6.77. The molecule has 16 heavy (non-hydrogen) atoms. The van der Waals surface area contributed by atoms with Crippen LogP contribution in [0, 0.1) is 12.8 Å². The molecule has 1 heterocycles. The number of aryl methyl sites for hydroxylation is 1. The molecule has 1 aliphatic carbocycles. The van der Waals surface area contributed by atoms with Crippen LogP contribution in [-0.4, -0.2) is 22.6 Å². The van der Waals surface area contributed by atoms with Crippen LogP contribution >= 0.6 is 0 Å². The first-order chi connectivity index (χ1) is 7.75. The molecule has 1 aliphatic rings. The lowest BCUT2D eigenvalue weighted by Crippen LogP contribution is -2.37.